The zero-order chi connectivity index (χ0) is 34.6. The van der Waals surface area contributed by atoms with Crippen molar-refractivity contribution in [2.45, 2.75) is 133 Å². The van der Waals surface area contributed by atoms with Gasteiger partial charge in [0.05, 0.1) is 6.04 Å². The molecule has 1 saturated heterocycles. The molecule has 5 atom stereocenters. The van der Waals surface area contributed by atoms with Gasteiger partial charge in [0.2, 0.25) is 23.5 Å². The number of nitrogens with zero attached hydrogens (tertiary/aromatic N) is 1. The highest BCUT2D eigenvalue weighted by molar-refractivity contribution is 6.51. The standard InChI is InChI=1S/C32H51Cl2N5O7/c1-8-12-20(25(41)27(43)35-16-15-21(40)38-30(2,3)4)36-26(42)24-22-19(32(22,33)34)17-39(24)28(44)23(18-13-10-9-11-14-18)37-29(45)46-31(5,6)7/h18-20,22-24H,8-17H2,1-7H3,(H,35,43)(H,36,42)(H,37,45)(H,38,40)/t19-,20?,22-,23?,24-/m0/s1. The Morgan fingerprint density at radius 2 is 1.59 bits per heavy atom. The van der Waals surface area contributed by atoms with Crippen molar-refractivity contribution < 1.29 is 33.5 Å². The van der Waals surface area contributed by atoms with Gasteiger partial charge in [-0.2, -0.15) is 0 Å². The highest BCUT2D eigenvalue weighted by Gasteiger charge is 2.74. The summed E-state index contributed by atoms with van der Waals surface area (Å²) in [6.45, 7) is 12.6. The first-order chi connectivity index (χ1) is 21.3. The number of likely N-dealkylation sites (tertiary alicyclic amines) is 1. The van der Waals surface area contributed by atoms with E-state index in [0.29, 0.717) is 6.42 Å². The number of ketones is 1. The third kappa shape index (κ3) is 9.95. The molecule has 5 amide bonds. The zero-order valence-corrected chi connectivity index (χ0v) is 29.6. The third-order valence-corrected chi connectivity index (χ3v) is 9.59. The van der Waals surface area contributed by atoms with Crippen molar-refractivity contribution in [3.05, 3.63) is 0 Å². The van der Waals surface area contributed by atoms with Crippen molar-refractivity contribution in [2.24, 2.45) is 17.8 Å². The minimum absolute atomic E-state index is 0.0175. The van der Waals surface area contributed by atoms with Crippen LogP contribution < -0.4 is 21.3 Å². The van der Waals surface area contributed by atoms with E-state index in [9.17, 15) is 28.8 Å². The average molecular weight is 689 g/mol. The van der Waals surface area contributed by atoms with E-state index in [1.807, 2.05) is 27.7 Å². The Labute approximate surface area is 282 Å². The minimum atomic E-state index is -1.23. The molecule has 46 heavy (non-hydrogen) atoms. The Bertz CT molecular complexity index is 1180. The number of hydrogen-bond acceptors (Lipinski definition) is 7. The van der Waals surface area contributed by atoms with E-state index in [0.717, 1.165) is 32.1 Å². The number of hydrogen-bond donors (Lipinski definition) is 4. The molecule has 14 heteroatoms. The summed E-state index contributed by atoms with van der Waals surface area (Å²) in [5.41, 5.74) is -1.21. The number of fused-ring (bicyclic) bond motifs is 1. The molecule has 2 saturated carbocycles. The first-order valence-electron chi connectivity index (χ1n) is 16.4. The second-order valence-corrected chi connectivity index (χ2v) is 16.2. The van der Waals surface area contributed by atoms with E-state index in [2.05, 4.69) is 21.3 Å². The van der Waals surface area contributed by atoms with Gasteiger partial charge in [0.15, 0.2) is 0 Å². The molecule has 0 radical (unpaired) electrons. The lowest BCUT2D eigenvalue weighted by molar-refractivity contribution is -0.144. The lowest BCUT2D eigenvalue weighted by Gasteiger charge is -2.36. The summed E-state index contributed by atoms with van der Waals surface area (Å²) in [5.74, 6) is -4.23. The highest BCUT2D eigenvalue weighted by atomic mass is 35.5. The fraction of sp³-hybridized carbons (Fsp3) is 0.812. The Morgan fingerprint density at radius 3 is 2.15 bits per heavy atom. The van der Waals surface area contributed by atoms with Gasteiger partial charge in [0.25, 0.3) is 5.91 Å². The molecule has 260 valence electrons. The molecule has 4 N–H and O–H groups in total. The number of carbonyl (C=O) groups is 6. The number of piperidine rings is 1. The first-order valence-corrected chi connectivity index (χ1v) is 17.1. The SMILES string of the molecule is CCCC(NC(=O)[C@@H]1[C@@H]2[C@H](CN1C(=O)C(NC(=O)OC(C)(C)C)C1CCCCC1)C2(Cl)Cl)C(=O)C(=O)NCCC(=O)NC(C)(C)C. The number of halogens is 2. The molecule has 0 aromatic heterocycles. The maximum Gasteiger partial charge on any atom is 0.408 e. The summed E-state index contributed by atoms with van der Waals surface area (Å²) in [6, 6.07) is -3.18. The Balaban J connectivity index is 1.75. The number of carbonyl (C=O) groups excluding carboxylic acids is 6. The van der Waals surface area contributed by atoms with E-state index >= 15 is 0 Å². The monoisotopic (exact) mass is 687 g/mol. The molecule has 3 aliphatic rings. The molecular formula is C32H51Cl2N5O7. The molecule has 0 spiro atoms. The number of alkyl carbamates (subject to hydrolysis) is 1. The van der Waals surface area contributed by atoms with Gasteiger partial charge in [-0.05, 0) is 66.7 Å². The maximum absolute atomic E-state index is 14.2. The lowest BCUT2D eigenvalue weighted by Crippen LogP contribution is -2.60. The number of amides is 5. The van der Waals surface area contributed by atoms with E-state index in [1.165, 1.54) is 4.90 Å². The number of rotatable bonds is 12. The summed E-state index contributed by atoms with van der Waals surface area (Å²) in [4.78, 5) is 80.3. The molecule has 12 nitrogen and oxygen atoms in total. The van der Waals surface area contributed by atoms with Crippen LogP contribution in [0.1, 0.15) is 99.8 Å². The van der Waals surface area contributed by atoms with Crippen molar-refractivity contribution >= 4 is 58.7 Å². The van der Waals surface area contributed by atoms with Gasteiger partial charge in [-0.3, -0.25) is 24.0 Å². The molecule has 2 aliphatic carbocycles. The lowest BCUT2D eigenvalue weighted by atomic mass is 9.83. The van der Waals surface area contributed by atoms with Crippen LogP contribution in [0.25, 0.3) is 0 Å². The second-order valence-electron chi connectivity index (χ2n) is 14.8. The fourth-order valence-electron chi connectivity index (χ4n) is 6.43. The van der Waals surface area contributed by atoms with Crippen LogP contribution in [-0.2, 0) is 28.7 Å². The van der Waals surface area contributed by atoms with Crippen molar-refractivity contribution in [3.8, 4) is 0 Å². The molecule has 2 unspecified atom stereocenters. The van der Waals surface area contributed by atoms with Gasteiger partial charge in [-0.15, -0.1) is 23.2 Å². The van der Waals surface area contributed by atoms with Crippen molar-refractivity contribution in [2.75, 3.05) is 13.1 Å². The molecule has 0 aromatic rings. The maximum atomic E-state index is 14.2. The van der Waals surface area contributed by atoms with E-state index in [1.54, 1.807) is 20.8 Å². The third-order valence-electron chi connectivity index (χ3n) is 8.53. The number of nitrogens with one attached hydrogen (secondary N) is 4. The van der Waals surface area contributed by atoms with Crippen molar-refractivity contribution in [3.63, 3.8) is 0 Å². The fourth-order valence-corrected chi connectivity index (χ4v) is 7.25. The second kappa shape index (κ2) is 15.1. The van der Waals surface area contributed by atoms with Gasteiger partial charge >= 0.3 is 6.09 Å². The van der Waals surface area contributed by atoms with Crippen LogP contribution in [-0.4, -0.2) is 87.1 Å². The van der Waals surface area contributed by atoms with Crippen LogP contribution in [0, 0.1) is 17.8 Å². The van der Waals surface area contributed by atoms with Crippen LogP contribution in [0.15, 0.2) is 0 Å². The average Bonchev–Trinajstić information content (AvgIpc) is 3.25. The molecule has 1 heterocycles. The van der Waals surface area contributed by atoms with Gasteiger partial charge < -0.3 is 30.9 Å². The van der Waals surface area contributed by atoms with Gasteiger partial charge in [-0.1, -0.05) is 32.6 Å². The zero-order valence-electron chi connectivity index (χ0n) is 28.1. The Morgan fingerprint density at radius 1 is 0.957 bits per heavy atom. The molecule has 3 rings (SSSR count). The molecule has 1 aliphatic heterocycles. The molecule has 0 aromatic carbocycles. The first kappa shape index (κ1) is 37.9. The van der Waals surface area contributed by atoms with Crippen molar-refractivity contribution in [1.29, 1.82) is 0 Å². The molecule has 0 bridgehead atoms. The minimum Gasteiger partial charge on any atom is -0.444 e. The van der Waals surface area contributed by atoms with Gasteiger partial charge in [0.1, 0.15) is 22.0 Å². The van der Waals surface area contributed by atoms with Crippen LogP contribution in [0.5, 0.6) is 0 Å². The summed E-state index contributed by atoms with van der Waals surface area (Å²) >= 11 is 13.1. The number of alkyl halides is 2. The number of ether oxygens (including phenoxy) is 1. The largest absolute Gasteiger partial charge is 0.444 e. The number of Topliss-reactive ketones (excluding diaryl/α,β-unsaturated/α-hetero) is 1. The quantitative estimate of drug-likeness (QED) is 0.181. The highest BCUT2D eigenvalue weighted by Crippen LogP contribution is 2.65. The summed E-state index contributed by atoms with van der Waals surface area (Å²) in [6.07, 6.45) is 4.25. The van der Waals surface area contributed by atoms with Crippen LogP contribution in [0.4, 0.5) is 4.79 Å². The van der Waals surface area contributed by atoms with Crippen molar-refractivity contribution in [1.82, 2.24) is 26.2 Å². The van der Waals surface area contributed by atoms with Gasteiger partial charge in [0, 0.05) is 36.9 Å². The van der Waals surface area contributed by atoms with E-state index in [-0.39, 0.29) is 43.7 Å². The van der Waals surface area contributed by atoms with Crippen LogP contribution in [0.3, 0.4) is 0 Å². The summed E-state index contributed by atoms with van der Waals surface area (Å²) in [7, 11) is 0. The topological polar surface area (TPSA) is 163 Å². The predicted molar refractivity (Wildman–Crippen MR) is 174 cm³/mol. The Kier molecular flexibility index (Phi) is 12.4. The summed E-state index contributed by atoms with van der Waals surface area (Å²) < 4.78 is 4.23. The Hall–Kier alpha value is -2.60. The van der Waals surface area contributed by atoms with Gasteiger partial charge in [-0.25, -0.2) is 4.79 Å². The summed E-state index contributed by atoms with van der Waals surface area (Å²) in [5, 5.41) is 10.7. The van der Waals surface area contributed by atoms with E-state index < -0.39 is 69.1 Å². The molecule has 3 fully saturated rings. The normalized spacial score (nSPS) is 23.8. The smallest absolute Gasteiger partial charge is 0.408 e. The van der Waals surface area contributed by atoms with E-state index in [4.69, 9.17) is 27.9 Å². The van der Waals surface area contributed by atoms with Crippen LogP contribution >= 0.6 is 23.2 Å². The predicted octanol–water partition coefficient (Wildman–Crippen LogP) is 3.37. The van der Waals surface area contributed by atoms with Crippen LogP contribution in [0.2, 0.25) is 0 Å². The molecular weight excluding hydrogens is 637 g/mol.